The fraction of sp³-hybridized carbons (Fsp3) is 0.308. The molecule has 1 aromatic heterocycles. The maximum absolute atomic E-state index is 11.6. The van der Waals surface area contributed by atoms with Crippen LogP contribution in [0.1, 0.15) is 18.4 Å². The summed E-state index contributed by atoms with van der Waals surface area (Å²) < 4.78 is 6.52. The minimum atomic E-state index is -0.394. The lowest BCUT2D eigenvalue weighted by Crippen LogP contribution is -2.16. The molecule has 3 rings (SSSR count). The molecule has 4 nitrogen and oxygen atoms in total. The number of rotatable bonds is 3. The standard InChI is InChI=1S/C13H12N2O2/c1-9-3-2-4-11(7-9)12-14-15(13(16)17-12)8-10-5-6-10/h1-4,7,10H,5-6,8H2. The van der Waals surface area contributed by atoms with Crippen molar-refractivity contribution in [2.24, 2.45) is 5.92 Å². The van der Waals surface area contributed by atoms with E-state index in [1.54, 1.807) is 12.1 Å². The zero-order chi connectivity index (χ0) is 11.8. The van der Waals surface area contributed by atoms with Crippen molar-refractivity contribution < 1.29 is 4.42 Å². The van der Waals surface area contributed by atoms with E-state index < -0.39 is 5.76 Å². The van der Waals surface area contributed by atoms with Crippen LogP contribution in [0.2, 0.25) is 0 Å². The molecule has 0 amide bonds. The Labute approximate surface area is 98.9 Å². The third-order valence-corrected chi connectivity index (χ3v) is 2.87. The van der Waals surface area contributed by atoms with Gasteiger partial charge in [-0.1, -0.05) is 12.1 Å². The monoisotopic (exact) mass is 228 g/mol. The van der Waals surface area contributed by atoms with E-state index in [9.17, 15) is 4.79 Å². The van der Waals surface area contributed by atoms with Crippen molar-refractivity contribution in [2.75, 3.05) is 0 Å². The van der Waals surface area contributed by atoms with E-state index >= 15 is 0 Å². The van der Waals surface area contributed by atoms with E-state index in [1.165, 1.54) is 17.5 Å². The molecule has 0 unspecified atom stereocenters. The number of nitrogens with zero attached hydrogens (tertiary/aromatic N) is 2. The maximum atomic E-state index is 11.6. The van der Waals surface area contributed by atoms with Gasteiger partial charge in [-0.3, -0.25) is 0 Å². The Hall–Kier alpha value is -1.84. The van der Waals surface area contributed by atoms with Crippen molar-refractivity contribution in [2.45, 2.75) is 19.4 Å². The summed E-state index contributed by atoms with van der Waals surface area (Å²) in [6.45, 7) is 6.33. The molecule has 86 valence electrons. The summed E-state index contributed by atoms with van der Waals surface area (Å²) in [6.07, 6.45) is 2.35. The highest BCUT2D eigenvalue weighted by molar-refractivity contribution is 5.54. The highest BCUT2D eigenvalue weighted by Gasteiger charge is 2.24. The predicted molar refractivity (Wildman–Crippen MR) is 62.3 cm³/mol. The van der Waals surface area contributed by atoms with Crippen LogP contribution in [0, 0.1) is 12.8 Å². The topological polar surface area (TPSA) is 48.0 Å². The molecule has 0 saturated heterocycles. The lowest BCUT2D eigenvalue weighted by molar-refractivity contribution is 0.467. The van der Waals surface area contributed by atoms with E-state index in [0.717, 1.165) is 5.56 Å². The lowest BCUT2D eigenvalue weighted by Gasteiger charge is -1.96. The largest absolute Gasteiger partial charge is 0.437 e. The molecule has 2 aromatic rings. The Bertz CT molecular complexity index is 593. The molecule has 1 aliphatic rings. The quantitative estimate of drug-likeness (QED) is 0.807. The molecule has 0 N–H and O–H groups in total. The van der Waals surface area contributed by atoms with Gasteiger partial charge in [0.1, 0.15) is 0 Å². The maximum Gasteiger partial charge on any atom is 0.437 e. The van der Waals surface area contributed by atoms with E-state index in [1.807, 2.05) is 12.1 Å². The van der Waals surface area contributed by atoms with Crippen molar-refractivity contribution in [3.05, 3.63) is 47.3 Å². The Morgan fingerprint density at radius 1 is 1.47 bits per heavy atom. The lowest BCUT2D eigenvalue weighted by atomic mass is 10.1. The third-order valence-electron chi connectivity index (χ3n) is 2.87. The minimum absolute atomic E-state index is 0.336. The normalized spacial score (nSPS) is 15.1. The first-order valence-corrected chi connectivity index (χ1v) is 5.66. The first-order chi connectivity index (χ1) is 8.22. The molecule has 1 heterocycles. The zero-order valence-electron chi connectivity index (χ0n) is 9.30. The molecule has 1 aromatic carbocycles. The molecule has 0 aliphatic heterocycles. The summed E-state index contributed by atoms with van der Waals surface area (Å²) >= 11 is 0. The summed E-state index contributed by atoms with van der Waals surface area (Å²) in [5.41, 5.74) is 1.36. The summed E-state index contributed by atoms with van der Waals surface area (Å²) in [4.78, 5) is 11.6. The number of hydrogen-bond acceptors (Lipinski definition) is 3. The molecule has 0 bridgehead atoms. The highest BCUT2D eigenvalue weighted by Crippen LogP contribution is 2.30. The molecule has 17 heavy (non-hydrogen) atoms. The van der Waals surface area contributed by atoms with Crippen LogP contribution < -0.4 is 5.76 Å². The Morgan fingerprint density at radius 2 is 2.29 bits per heavy atom. The van der Waals surface area contributed by atoms with Crippen molar-refractivity contribution in [3.8, 4) is 11.5 Å². The smallest absolute Gasteiger partial charge is 0.388 e. The van der Waals surface area contributed by atoms with Crippen LogP contribution in [-0.2, 0) is 6.54 Å². The molecule has 4 heteroatoms. The van der Waals surface area contributed by atoms with Gasteiger partial charge in [0.2, 0.25) is 5.89 Å². The van der Waals surface area contributed by atoms with Crippen molar-refractivity contribution in [3.63, 3.8) is 0 Å². The van der Waals surface area contributed by atoms with Crippen LogP contribution in [0.5, 0.6) is 0 Å². The molecule has 0 spiro atoms. The van der Waals surface area contributed by atoms with Gasteiger partial charge in [-0.25, -0.2) is 4.79 Å². The molecule has 0 atom stereocenters. The van der Waals surface area contributed by atoms with Crippen molar-refractivity contribution >= 4 is 0 Å². The van der Waals surface area contributed by atoms with Gasteiger partial charge in [0.05, 0.1) is 6.54 Å². The summed E-state index contributed by atoms with van der Waals surface area (Å²) in [5, 5.41) is 4.18. The van der Waals surface area contributed by atoms with E-state index in [0.29, 0.717) is 23.9 Å². The average molecular weight is 228 g/mol. The van der Waals surface area contributed by atoms with Gasteiger partial charge in [0.15, 0.2) is 0 Å². The van der Waals surface area contributed by atoms with Crippen LogP contribution in [0.15, 0.2) is 33.5 Å². The van der Waals surface area contributed by atoms with E-state index in [4.69, 9.17) is 11.3 Å². The van der Waals surface area contributed by atoms with Crippen LogP contribution in [0.3, 0.4) is 0 Å². The van der Waals surface area contributed by atoms with Gasteiger partial charge in [0.25, 0.3) is 0 Å². The molecule has 2 radical (unpaired) electrons. The van der Waals surface area contributed by atoms with E-state index in [-0.39, 0.29) is 0 Å². The van der Waals surface area contributed by atoms with Gasteiger partial charge in [-0.2, -0.15) is 4.68 Å². The average Bonchev–Trinajstić information content (AvgIpc) is 3.03. The second kappa shape index (κ2) is 3.87. The molecule has 1 fully saturated rings. The summed E-state index contributed by atoms with van der Waals surface area (Å²) in [5.74, 6) is 0.531. The summed E-state index contributed by atoms with van der Waals surface area (Å²) in [6, 6.07) is 7.16. The van der Waals surface area contributed by atoms with Crippen LogP contribution in [0.25, 0.3) is 11.5 Å². The van der Waals surface area contributed by atoms with Crippen molar-refractivity contribution in [1.82, 2.24) is 9.78 Å². The fourth-order valence-corrected chi connectivity index (χ4v) is 1.75. The molecule has 1 saturated carbocycles. The number of benzene rings is 1. The van der Waals surface area contributed by atoms with Crippen LogP contribution in [0.4, 0.5) is 0 Å². The van der Waals surface area contributed by atoms with Crippen LogP contribution >= 0.6 is 0 Å². The second-order valence-electron chi connectivity index (χ2n) is 4.42. The second-order valence-corrected chi connectivity index (χ2v) is 4.42. The summed E-state index contributed by atoms with van der Waals surface area (Å²) in [7, 11) is 0. The molecular weight excluding hydrogens is 216 g/mol. The van der Waals surface area contributed by atoms with Crippen molar-refractivity contribution in [1.29, 1.82) is 0 Å². The van der Waals surface area contributed by atoms with Gasteiger partial charge in [-0.05, 0) is 43.4 Å². The Balaban J connectivity index is 1.95. The molecule has 1 aliphatic carbocycles. The molecular formula is C13H12N2O2. The van der Waals surface area contributed by atoms with Gasteiger partial charge >= 0.3 is 5.76 Å². The van der Waals surface area contributed by atoms with Gasteiger partial charge in [0, 0.05) is 5.56 Å². The Morgan fingerprint density at radius 3 is 3.00 bits per heavy atom. The SMILES string of the molecule is [CH]c1cccc(-c2nn(CC3CC3)c(=O)o2)c1. The zero-order valence-corrected chi connectivity index (χ0v) is 9.30. The highest BCUT2D eigenvalue weighted by atomic mass is 16.4. The first kappa shape index (κ1) is 10.3. The fourth-order valence-electron chi connectivity index (χ4n) is 1.75. The minimum Gasteiger partial charge on any atom is -0.388 e. The van der Waals surface area contributed by atoms with Gasteiger partial charge in [-0.15, -0.1) is 5.10 Å². The third kappa shape index (κ3) is 2.16. The van der Waals surface area contributed by atoms with Crippen LogP contribution in [-0.4, -0.2) is 9.78 Å². The predicted octanol–water partition coefficient (Wildman–Crippen LogP) is 1.97. The number of hydrogen-bond donors (Lipinski definition) is 0. The Kier molecular flexibility index (Phi) is 2.35. The first-order valence-electron chi connectivity index (χ1n) is 5.66. The van der Waals surface area contributed by atoms with E-state index in [2.05, 4.69) is 5.10 Å². The number of aromatic nitrogens is 2. The van der Waals surface area contributed by atoms with Gasteiger partial charge < -0.3 is 4.42 Å².